The Labute approximate surface area is 149 Å². The van der Waals surface area contributed by atoms with E-state index in [0.717, 1.165) is 22.3 Å². The van der Waals surface area contributed by atoms with Gasteiger partial charge in [0, 0.05) is 18.4 Å². The van der Waals surface area contributed by atoms with E-state index in [9.17, 15) is 4.21 Å². The van der Waals surface area contributed by atoms with Gasteiger partial charge in [-0.1, -0.05) is 12.1 Å². The number of fused-ring (bicyclic) bond motifs is 1. The number of para-hydroxylation sites is 2. The van der Waals surface area contributed by atoms with Crippen LogP contribution in [0.25, 0.3) is 11.0 Å². The summed E-state index contributed by atoms with van der Waals surface area (Å²) in [5.41, 5.74) is 3.26. The molecule has 3 aromatic rings. The van der Waals surface area contributed by atoms with Gasteiger partial charge in [-0.25, -0.2) is 4.98 Å². The van der Waals surface area contributed by atoms with E-state index < -0.39 is 10.8 Å². The summed E-state index contributed by atoms with van der Waals surface area (Å²) in [5.74, 6) is 0.957. The zero-order chi connectivity index (χ0) is 17.8. The molecule has 0 fully saturated rings. The number of aromatic amines is 1. The van der Waals surface area contributed by atoms with E-state index in [4.69, 9.17) is 9.47 Å². The summed E-state index contributed by atoms with van der Waals surface area (Å²) in [6, 6.07) is 9.41. The van der Waals surface area contributed by atoms with E-state index in [1.54, 1.807) is 12.3 Å². The first-order valence-corrected chi connectivity index (χ1v) is 9.46. The quantitative estimate of drug-likeness (QED) is 0.655. The molecule has 3 rings (SSSR count). The highest BCUT2D eigenvalue weighted by Crippen LogP contribution is 2.23. The van der Waals surface area contributed by atoms with Gasteiger partial charge in [0.05, 0.1) is 33.3 Å². The number of hydrogen-bond donors (Lipinski definition) is 1. The van der Waals surface area contributed by atoms with Gasteiger partial charge in [0.1, 0.15) is 5.75 Å². The van der Waals surface area contributed by atoms with Crippen LogP contribution in [-0.4, -0.2) is 32.1 Å². The minimum Gasteiger partial charge on any atom is -0.465 e. The van der Waals surface area contributed by atoms with Crippen LogP contribution in [0, 0.1) is 6.92 Å². The minimum atomic E-state index is -1.32. The smallest absolute Gasteiger partial charge is 0.197 e. The second kappa shape index (κ2) is 7.76. The molecule has 25 heavy (non-hydrogen) atoms. The molecule has 0 radical (unpaired) electrons. The van der Waals surface area contributed by atoms with E-state index in [1.165, 1.54) is 0 Å². The largest absolute Gasteiger partial charge is 0.465 e. The number of aromatic nitrogens is 3. The minimum absolute atomic E-state index is 0.270. The lowest BCUT2D eigenvalue weighted by molar-refractivity contribution is -0.0617. The molecule has 1 N–H and O–H groups in total. The van der Waals surface area contributed by atoms with Crippen LogP contribution in [0.2, 0.25) is 0 Å². The first-order chi connectivity index (χ1) is 12.1. The molecule has 2 unspecified atom stereocenters. The van der Waals surface area contributed by atoms with Crippen molar-refractivity contribution in [1.82, 2.24) is 15.0 Å². The van der Waals surface area contributed by atoms with Crippen molar-refractivity contribution in [2.45, 2.75) is 38.0 Å². The number of ether oxygens (including phenoxy) is 2. The van der Waals surface area contributed by atoms with Crippen LogP contribution in [0.15, 0.2) is 41.7 Å². The number of rotatable bonds is 7. The third-order valence-electron chi connectivity index (χ3n) is 3.80. The normalized spacial score (nSPS) is 13.7. The van der Waals surface area contributed by atoms with Crippen molar-refractivity contribution < 1.29 is 13.7 Å². The topological polar surface area (TPSA) is 77.1 Å². The Balaban J connectivity index is 1.79. The number of hydrogen-bond acceptors (Lipinski definition) is 5. The van der Waals surface area contributed by atoms with E-state index in [1.807, 2.05) is 45.0 Å². The zero-order valence-electron chi connectivity index (χ0n) is 14.5. The molecule has 6 nitrogen and oxygen atoms in total. The van der Waals surface area contributed by atoms with E-state index in [-0.39, 0.29) is 12.0 Å². The molecule has 2 aromatic heterocycles. The fourth-order valence-corrected chi connectivity index (χ4v) is 3.61. The third-order valence-corrected chi connectivity index (χ3v) is 4.96. The van der Waals surface area contributed by atoms with Gasteiger partial charge in [0.2, 0.25) is 0 Å². The van der Waals surface area contributed by atoms with Crippen LogP contribution < -0.4 is 4.74 Å². The molecular formula is C18H21N3O3S. The van der Waals surface area contributed by atoms with Gasteiger partial charge in [-0.3, -0.25) is 9.19 Å². The molecule has 0 saturated heterocycles. The van der Waals surface area contributed by atoms with Gasteiger partial charge in [0.25, 0.3) is 0 Å². The molecule has 0 aliphatic carbocycles. The molecule has 0 amide bonds. The van der Waals surface area contributed by atoms with Crippen LogP contribution >= 0.6 is 0 Å². The van der Waals surface area contributed by atoms with Crippen molar-refractivity contribution >= 4 is 21.8 Å². The van der Waals surface area contributed by atoms with Gasteiger partial charge in [-0.15, -0.1) is 0 Å². The number of nitrogens with one attached hydrogen (secondary N) is 1. The van der Waals surface area contributed by atoms with Crippen molar-refractivity contribution in [3.05, 3.63) is 47.8 Å². The molecular weight excluding hydrogens is 338 g/mol. The van der Waals surface area contributed by atoms with Crippen molar-refractivity contribution in [3.63, 3.8) is 0 Å². The summed E-state index contributed by atoms with van der Waals surface area (Å²) in [6.45, 7) is 6.25. The Kier molecular flexibility index (Phi) is 5.45. The Morgan fingerprint density at radius 2 is 2.08 bits per heavy atom. The fraction of sp³-hybridized carbons (Fsp3) is 0.333. The lowest BCUT2D eigenvalue weighted by Crippen LogP contribution is -2.17. The molecule has 7 heteroatoms. The van der Waals surface area contributed by atoms with Crippen molar-refractivity contribution in [3.8, 4) is 5.75 Å². The highest BCUT2D eigenvalue weighted by Gasteiger charge is 2.15. The number of H-pyrrole nitrogens is 1. The molecule has 1 aromatic carbocycles. The fourth-order valence-electron chi connectivity index (χ4n) is 2.51. The second-order valence-corrected chi connectivity index (χ2v) is 6.94. The first-order valence-electron chi connectivity index (χ1n) is 8.14. The first kappa shape index (κ1) is 17.6. The predicted octanol–water partition coefficient (Wildman–Crippen LogP) is 3.34. The molecule has 0 aliphatic rings. The van der Waals surface area contributed by atoms with Crippen LogP contribution in [0.1, 0.15) is 25.1 Å². The van der Waals surface area contributed by atoms with Crippen LogP contribution in [0.5, 0.6) is 5.75 Å². The average Bonchev–Trinajstić information content (AvgIpc) is 3.03. The summed E-state index contributed by atoms with van der Waals surface area (Å²) in [6.07, 6.45) is 1.31. The molecule has 0 aliphatic heterocycles. The van der Waals surface area contributed by atoms with E-state index in [2.05, 4.69) is 15.0 Å². The Morgan fingerprint density at radius 1 is 1.28 bits per heavy atom. The van der Waals surface area contributed by atoms with Crippen molar-refractivity contribution in [1.29, 1.82) is 0 Å². The second-order valence-electron chi connectivity index (χ2n) is 5.57. The zero-order valence-corrected chi connectivity index (χ0v) is 15.3. The lowest BCUT2D eigenvalue weighted by atomic mass is 10.2. The van der Waals surface area contributed by atoms with E-state index >= 15 is 0 Å². The van der Waals surface area contributed by atoms with Gasteiger partial charge in [-0.2, -0.15) is 0 Å². The number of benzene rings is 1. The lowest BCUT2D eigenvalue weighted by Gasteiger charge is -2.17. The number of imidazole rings is 1. The Morgan fingerprint density at radius 3 is 2.84 bits per heavy atom. The van der Waals surface area contributed by atoms with Crippen LogP contribution in [0.4, 0.5) is 0 Å². The molecule has 132 valence electrons. The van der Waals surface area contributed by atoms with Gasteiger partial charge < -0.3 is 14.5 Å². The van der Waals surface area contributed by atoms with Crippen molar-refractivity contribution in [2.24, 2.45) is 0 Å². The van der Waals surface area contributed by atoms with E-state index in [0.29, 0.717) is 17.5 Å². The standard InChI is InChI=1S/C18H21N3O3S/c1-4-23-13(3)24-17-9-10-19-16(12(17)2)11-25(22)18-20-14-7-5-6-8-15(14)21-18/h5-10,13H,4,11H2,1-3H3,(H,20,21). The highest BCUT2D eigenvalue weighted by molar-refractivity contribution is 7.84. The van der Waals surface area contributed by atoms with Crippen molar-refractivity contribution in [2.75, 3.05) is 6.61 Å². The third kappa shape index (κ3) is 4.05. The maximum atomic E-state index is 12.7. The molecule has 0 bridgehead atoms. The van der Waals surface area contributed by atoms with Gasteiger partial charge >= 0.3 is 0 Å². The number of nitrogens with zero attached hydrogens (tertiary/aromatic N) is 2. The predicted molar refractivity (Wildman–Crippen MR) is 96.9 cm³/mol. The highest BCUT2D eigenvalue weighted by atomic mass is 32.2. The molecule has 2 atom stereocenters. The molecule has 2 heterocycles. The van der Waals surface area contributed by atoms with Gasteiger partial charge in [-0.05, 0) is 39.0 Å². The number of pyridine rings is 1. The van der Waals surface area contributed by atoms with Crippen LogP contribution in [0.3, 0.4) is 0 Å². The molecule has 0 spiro atoms. The summed E-state index contributed by atoms with van der Waals surface area (Å²) < 4.78 is 23.9. The SMILES string of the molecule is CCOC(C)Oc1ccnc(CS(=O)c2nc3ccccc3[nH]2)c1C. The van der Waals surface area contributed by atoms with Crippen LogP contribution in [-0.2, 0) is 21.3 Å². The monoisotopic (exact) mass is 359 g/mol. The van der Waals surface area contributed by atoms with Gasteiger partial charge in [0.15, 0.2) is 11.4 Å². The summed E-state index contributed by atoms with van der Waals surface area (Å²) in [7, 11) is -1.32. The average molecular weight is 359 g/mol. The Bertz CT molecular complexity index is 861. The summed E-state index contributed by atoms with van der Waals surface area (Å²) in [5, 5.41) is 0.455. The maximum absolute atomic E-state index is 12.7. The summed E-state index contributed by atoms with van der Waals surface area (Å²) in [4.78, 5) is 11.9. The molecule has 0 saturated carbocycles. The maximum Gasteiger partial charge on any atom is 0.197 e. The summed E-state index contributed by atoms with van der Waals surface area (Å²) >= 11 is 0. The Hall–Kier alpha value is -2.25.